The van der Waals surface area contributed by atoms with Crippen molar-refractivity contribution in [2.75, 3.05) is 19.7 Å². The minimum absolute atomic E-state index is 0.0298. The molecular weight excluding hydrogens is 360 g/mol. The van der Waals surface area contributed by atoms with E-state index in [-0.39, 0.29) is 17.4 Å². The molecule has 1 fully saturated rings. The quantitative estimate of drug-likeness (QED) is 0.755. The van der Waals surface area contributed by atoms with Crippen molar-refractivity contribution in [2.45, 2.75) is 52.1 Å². The molecule has 3 rings (SSSR count). The van der Waals surface area contributed by atoms with Gasteiger partial charge in [-0.1, -0.05) is 32.9 Å². The predicted molar refractivity (Wildman–Crippen MR) is 108 cm³/mol. The van der Waals surface area contributed by atoms with Crippen LogP contribution in [0.5, 0.6) is 11.5 Å². The highest BCUT2D eigenvalue weighted by Crippen LogP contribution is 2.31. The SMILES string of the molecule is CCOc1ccccc1OC1CCN(C(=O)c2cnc(C(C)(C)C)s2)CC1. The third-order valence-corrected chi connectivity index (χ3v) is 5.94. The van der Waals surface area contributed by atoms with Gasteiger partial charge in [-0.2, -0.15) is 0 Å². The van der Waals surface area contributed by atoms with Crippen LogP contribution in [0, 0.1) is 0 Å². The van der Waals surface area contributed by atoms with E-state index in [9.17, 15) is 4.79 Å². The molecule has 6 heteroatoms. The Morgan fingerprint density at radius 3 is 2.48 bits per heavy atom. The highest BCUT2D eigenvalue weighted by Gasteiger charge is 2.27. The van der Waals surface area contributed by atoms with Crippen molar-refractivity contribution < 1.29 is 14.3 Å². The van der Waals surface area contributed by atoms with E-state index in [0.717, 1.165) is 34.2 Å². The Hall–Kier alpha value is -2.08. The average molecular weight is 389 g/mol. The molecule has 1 aliphatic rings. The lowest BCUT2D eigenvalue weighted by Gasteiger charge is -2.32. The van der Waals surface area contributed by atoms with Crippen LogP contribution in [0.15, 0.2) is 30.5 Å². The largest absolute Gasteiger partial charge is 0.490 e. The number of carbonyl (C=O) groups excluding carboxylic acids is 1. The van der Waals surface area contributed by atoms with Crippen molar-refractivity contribution in [1.29, 1.82) is 0 Å². The van der Waals surface area contributed by atoms with E-state index in [4.69, 9.17) is 9.47 Å². The fourth-order valence-electron chi connectivity index (χ4n) is 3.05. The molecule has 2 heterocycles. The molecule has 1 aromatic carbocycles. The van der Waals surface area contributed by atoms with Gasteiger partial charge >= 0.3 is 0 Å². The number of rotatable bonds is 5. The summed E-state index contributed by atoms with van der Waals surface area (Å²) >= 11 is 1.50. The van der Waals surface area contributed by atoms with Crippen LogP contribution in [-0.2, 0) is 5.41 Å². The normalized spacial score (nSPS) is 15.6. The second-order valence-corrected chi connectivity index (χ2v) is 8.80. The van der Waals surface area contributed by atoms with Crippen LogP contribution in [0.2, 0.25) is 0 Å². The number of nitrogens with zero attached hydrogens (tertiary/aromatic N) is 2. The summed E-state index contributed by atoms with van der Waals surface area (Å²) in [5, 5.41) is 0.997. The molecule has 1 aliphatic heterocycles. The predicted octanol–water partition coefficient (Wildman–Crippen LogP) is 4.52. The summed E-state index contributed by atoms with van der Waals surface area (Å²) in [6.45, 7) is 10.3. The molecule has 0 bridgehead atoms. The molecule has 0 N–H and O–H groups in total. The third kappa shape index (κ3) is 4.80. The van der Waals surface area contributed by atoms with E-state index in [1.165, 1.54) is 11.3 Å². The number of hydrogen-bond acceptors (Lipinski definition) is 5. The van der Waals surface area contributed by atoms with Crippen LogP contribution < -0.4 is 9.47 Å². The number of thiazole rings is 1. The number of amides is 1. The highest BCUT2D eigenvalue weighted by atomic mass is 32.1. The number of hydrogen-bond donors (Lipinski definition) is 0. The second-order valence-electron chi connectivity index (χ2n) is 7.77. The maximum absolute atomic E-state index is 12.8. The smallest absolute Gasteiger partial charge is 0.265 e. The summed E-state index contributed by atoms with van der Waals surface area (Å²) in [6.07, 6.45) is 3.45. The number of aromatic nitrogens is 1. The molecule has 0 spiro atoms. The molecule has 0 aliphatic carbocycles. The van der Waals surface area contributed by atoms with Gasteiger partial charge in [0.1, 0.15) is 11.0 Å². The van der Waals surface area contributed by atoms with Gasteiger partial charge in [-0.3, -0.25) is 4.79 Å². The van der Waals surface area contributed by atoms with Gasteiger partial charge in [0.05, 0.1) is 17.8 Å². The summed E-state index contributed by atoms with van der Waals surface area (Å²) in [7, 11) is 0. The molecule has 1 saturated heterocycles. The van der Waals surface area contributed by atoms with Crippen LogP contribution in [0.25, 0.3) is 0 Å². The molecule has 2 aromatic rings. The Bertz CT molecular complexity index is 774. The van der Waals surface area contributed by atoms with Gasteiger partial charge in [-0.15, -0.1) is 11.3 Å². The lowest BCUT2D eigenvalue weighted by Crippen LogP contribution is -2.41. The lowest BCUT2D eigenvalue weighted by molar-refractivity contribution is 0.0593. The Balaban J connectivity index is 1.57. The summed E-state index contributed by atoms with van der Waals surface area (Å²) in [5.74, 6) is 1.63. The zero-order valence-electron chi connectivity index (χ0n) is 16.5. The first-order valence-electron chi connectivity index (χ1n) is 9.52. The third-order valence-electron chi connectivity index (χ3n) is 4.53. The van der Waals surface area contributed by atoms with Gasteiger partial charge in [0, 0.05) is 31.3 Å². The van der Waals surface area contributed by atoms with Crippen LogP contribution in [0.3, 0.4) is 0 Å². The first kappa shape index (κ1) is 19.7. The summed E-state index contributed by atoms with van der Waals surface area (Å²) in [5.41, 5.74) is -0.0298. The van der Waals surface area contributed by atoms with Crippen molar-refractivity contribution in [3.8, 4) is 11.5 Å². The molecule has 27 heavy (non-hydrogen) atoms. The number of benzene rings is 1. The fourth-order valence-corrected chi connectivity index (χ4v) is 4.00. The van der Waals surface area contributed by atoms with Gasteiger partial charge in [0.25, 0.3) is 5.91 Å². The molecule has 5 nitrogen and oxygen atoms in total. The summed E-state index contributed by atoms with van der Waals surface area (Å²) in [6, 6.07) is 7.76. The number of likely N-dealkylation sites (tertiary alicyclic amines) is 1. The molecule has 1 amide bonds. The van der Waals surface area contributed by atoms with E-state index < -0.39 is 0 Å². The van der Waals surface area contributed by atoms with Crippen LogP contribution >= 0.6 is 11.3 Å². The lowest BCUT2D eigenvalue weighted by atomic mass is 9.98. The molecule has 0 atom stereocenters. The van der Waals surface area contributed by atoms with Crippen LogP contribution in [0.4, 0.5) is 0 Å². The summed E-state index contributed by atoms with van der Waals surface area (Å²) in [4.78, 5) is 19.8. The first-order chi connectivity index (χ1) is 12.9. The number of carbonyl (C=O) groups is 1. The highest BCUT2D eigenvalue weighted by molar-refractivity contribution is 7.13. The van der Waals surface area contributed by atoms with E-state index in [2.05, 4.69) is 25.8 Å². The zero-order chi connectivity index (χ0) is 19.4. The Kier molecular flexibility index (Phi) is 6.05. The minimum atomic E-state index is -0.0298. The zero-order valence-corrected chi connectivity index (χ0v) is 17.3. The molecule has 0 saturated carbocycles. The molecule has 0 radical (unpaired) electrons. The van der Waals surface area contributed by atoms with Gasteiger partial charge in [-0.05, 0) is 19.1 Å². The number of para-hydroxylation sites is 2. The van der Waals surface area contributed by atoms with E-state index in [0.29, 0.717) is 19.7 Å². The standard InChI is InChI=1S/C21H28N2O3S/c1-5-25-16-8-6-7-9-17(16)26-15-10-12-23(13-11-15)19(24)18-14-22-20(27-18)21(2,3)4/h6-9,14-15H,5,10-13H2,1-4H3. The monoisotopic (exact) mass is 388 g/mol. The molecule has 0 unspecified atom stereocenters. The minimum Gasteiger partial charge on any atom is -0.490 e. The van der Waals surface area contributed by atoms with Gasteiger partial charge < -0.3 is 14.4 Å². The van der Waals surface area contributed by atoms with Crippen molar-refractivity contribution in [3.63, 3.8) is 0 Å². The molecular formula is C21H28N2O3S. The molecule has 146 valence electrons. The van der Waals surface area contributed by atoms with Gasteiger partial charge in [0.15, 0.2) is 11.5 Å². The van der Waals surface area contributed by atoms with E-state index in [1.54, 1.807) is 6.20 Å². The van der Waals surface area contributed by atoms with E-state index in [1.807, 2.05) is 36.1 Å². The first-order valence-corrected chi connectivity index (χ1v) is 10.3. The van der Waals surface area contributed by atoms with Crippen molar-refractivity contribution in [3.05, 3.63) is 40.3 Å². The summed E-state index contributed by atoms with van der Waals surface area (Å²) < 4.78 is 11.8. The number of piperidine rings is 1. The molecule has 1 aromatic heterocycles. The topological polar surface area (TPSA) is 51.7 Å². The van der Waals surface area contributed by atoms with Crippen molar-refractivity contribution in [2.24, 2.45) is 0 Å². The Morgan fingerprint density at radius 2 is 1.89 bits per heavy atom. The fraction of sp³-hybridized carbons (Fsp3) is 0.524. The van der Waals surface area contributed by atoms with Gasteiger partial charge in [0.2, 0.25) is 0 Å². The second kappa shape index (κ2) is 8.30. The maximum Gasteiger partial charge on any atom is 0.265 e. The van der Waals surface area contributed by atoms with Crippen LogP contribution in [-0.4, -0.2) is 41.6 Å². The van der Waals surface area contributed by atoms with Crippen LogP contribution in [0.1, 0.15) is 55.2 Å². The maximum atomic E-state index is 12.8. The van der Waals surface area contributed by atoms with Gasteiger partial charge in [-0.25, -0.2) is 4.98 Å². The van der Waals surface area contributed by atoms with E-state index >= 15 is 0 Å². The average Bonchev–Trinajstić information content (AvgIpc) is 3.14. The number of ether oxygens (including phenoxy) is 2. The van der Waals surface area contributed by atoms with Crippen molar-refractivity contribution in [1.82, 2.24) is 9.88 Å². The van der Waals surface area contributed by atoms with Crippen molar-refractivity contribution >= 4 is 17.2 Å². The Labute approximate surface area is 165 Å². The Morgan fingerprint density at radius 1 is 1.22 bits per heavy atom.